The standard InChI is InChI=1S/C14H19BrN2O3/c1-9(2)6-10(7-13(18)19)8-16-14(20)11-4-3-5-12(15)17-11/h3-5,9-10H,6-8H2,1-2H3,(H,16,20)(H,18,19). The van der Waals surface area contributed by atoms with E-state index in [9.17, 15) is 9.59 Å². The molecular formula is C14H19BrN2O3. The van der Waals surface area contributed by atoms with Gasteiger partial charge < -0.3 is 10.4 Å². The molecule has 0 aliphatic rings. The first-order valence-electron chi connectivity index (χ1n) is 6.51. The summed E-state index contributed by atoms with van der Waals surface area (Å²) < 4.78 is 0.592. The van der Waals surface area contributed by atoms with Crippen LogP contribution in [0, 0.1) is 11.8 Å². The Balaban J connectivity index is 2.57. The van der Waals surface area contributed by atoms with Gasteiger partial charge in [0.1, 0.15) is 10.3 Å². The van der Waals surface area contributed by atoms with Crippen molar-refractivity contribution in [1.29, 1.82) is 0 Å². The predicted molar refractivity (Wildman–Crippen MR) is 79.5 cm³/mol. The maximum absolute atomic E-state index is 11.9. The van der Waals surface area contributed by atoms with Gasteiger partial charge in [-0.1, -0.05) is 19.9 Å². The van der Waals surface area contributed by atoms with Crippen LogP contribution in [0.15, 0.2) is 22.8 Å². The number of amides is 1. The summed E-state index contributed by atoms with van der Waals surface area (Å²) in [6.07, 6.45) is 0.822. The number of carboxylic acid groups (broad SMARTS) is 1. The monoisotopic (exact) mass is 342 g/mol. The molecule has 20 heavy (non-hydrogen) atoms. The molecule has 0 aliphatic heterocycles. The van der Waals surface area contributed by atoms with E-state index in [1.165, 1.54) is 0 Å². The summed E-state index contributed by atoms with van der Waals surface area (Å²) in [5.74, 6) is -0.806. The van der Waals surface area contributed by atoms with Crippen molar-refractivity contribution >= 4 is 27.8 Å². The molecule has 1 rings (SSSR count). The topological polar surface area (TPSA) is 79.3 Å². The van der Waals surface area contributed by atoms with E-state index >= 15 is 0 Å². The Morgan fingerprint density at radius 1 is 1.40 bits per heavy atom. The normalized spacial score (nSPS) is 12.2. The molecule has 6 heteroatoms. The molecule has 0 bridgehead atoms. The highest BCUT2D eigenvalue weighted by Gasteiger charge is 2.17. The van der Waals surface area contributed by atoms with Crippen LogP contribution in [-0.4, -0.2) is 28.5 Å². The Bertz CT molecular complexity index is 477. The summed E-state index contributed by atoms with van der Waals surface area (Å²) in [5, 5.41) is 11.6. The lowest BCUT2D eigenvalue weighted by Crippen LogP contribution is -2.31. The number of nitrogens with zero attached hydrogens (tertiary/aromatic N) is 1. The molecular weight excluding hydrogens is 324 g/mol. The number of carbonyl (C=O) groups is 2. The molecule has 1 amide bonds. The van der Waals surface area contributed by atoms with Crippen LogP contribution < -0.4 is 5.32 Å². The van der Waals surface area contributed by atoms with Gasteiger partial charge in [0.2, 0.25) is 0 Å². The fraction of sp³-hybridized carbons (Fsp3) is 0.500. The van der Waals surface area contributed by atoms with E-state index in [4.69, 9.17) is 5.11 Å². The maximum atomic E-state index is 11.9. The molecule has 2 N–H and O–H groups in total. The minimum absolute atomic E-state index is 0.0599. The largest absolute Gasteiger partial charge is 0.481 e. The van der Waals surface area contributed by atoms with Gasteiger partial charge in [0.15, 0.2) is 0 Å². The number of aromatic nitrogens is 1. The second-order valence-electron chi connectivity index (χ2n) is 5.15. The summed E-state index contributed by atoms with van der Waals surface area (Å²) >= 11 is 3.21. The molecule has 0 fully saturated rings. The molecule has 5 nitrogen and oxygen atoms in total. The molecule has 1 atom stereocenters. The lowest BCUT2D eigenvalue weighted by atomic mass is 9.94. The van der Waals surface area contributed by atoms with Crippen molar-refractivity contribution < 1.29 is 14.7 Å². The fourth-order valence-corrected chi connectivity index (χ4v) is 2.36. The molecule has 0 saturated carbocycles. The smallest absolute Gasteiger partial charge is 0.303 e. The minimum atomic E-state index is -0.842. The molecule has 0 aromatic carbocycles. The number of hydrogen-bond acceptors (Lipinski definition) is 3. The zero-order valence-electron chi connectivity index (χ0n) is 11.6. The van der Waals surface area contributed by atoms with E-state index in [1.54, 1.807) is 18.2 Å². The van der Waals surface area contributed by atoms with Crippen molar-refractivity contribution in [3.63, 3.8) is 0 Å². The van der Waals surface area contributed by atoms with Crippen LogP contribution in [-0.2, 0) is 4.79 Å². The van der Waals surface area contributed by atoms with Crippen LogP contribution in [0.5, 0.6) is 0 Å². The molecule has 0 radical (unpaired) electrons. The number of halogens is 1. The van der Waals surface area contributed by atoms with Crippen LogP contribution in [0.2, 0.25) is 0 Å². The molecule has 0 spiro atoms. The van der Waals surface area contributed by atoms with Crippen molar-refractivity contribution in [3.05, 3.63) is 28.5 Å². The molecule has 1 aromatic rings. The highest BCUT2D eigenvalue weighted by molar-refractivity contribution is 9.10. The number of carbonyl (C=O) groups excluding carboxylic acids is 1. The van der Waals surface area contributed by atoms with Crippen molar-refractivity contribution in [3.8, 4) is 0 Å². The Morgan fingerprint density at radius 2 is 2.10 bits per heavy atom. The van der Waals surface area contributed by atoms with Crippen LogP contribution in [0.1, 0.15) is 37.2 Å². The van der Waals surface area contributed by atoms with Gasteiger partial charge in [-0.25, -0.2) is 4.98 Å². The molecule has 0 aliphatic carbocycles. The van der Waals surface area contributed by atoms with Gasteiger partial charge in [-0.15, -0.1) is 0 Å². The zero-order chi connectivity index (χ0) is 15.1. The van der Waals surface area contributed by atoms with Gasteiger partial charge in [0.05, 0.1) is 0 Å². The fourth-order valence-electron chi connectivity index (χ4n) is 2.01. The number of aliphatic carboxylic acids is 1. The Kier molecular flexibility index (Phi) is 6.64. The highest BCUT2D eigenvalue weighted by Crippen LogP contribution is 2.15. The Hall–Kier alpha value is -1.43. The van der Waals surface area contributed by atoms with Crippen LogP contribution in [0.3, 0.4) is 0 Å². The van der Waals surface area contributed by atoms with Crippen LogP contribution in [0.25, 0.3) is 0 Å². The van der Waals surface area contributed by atoms with Gasteiger partial charge in [0, 0.05) is 13.0 Å². The van der Waals surface area contributed by atoms with E-state index in [0.29, 0.717) is 22.8 Å². The van der Waals surface area contributed by atoms with Crippen LogP contribution in [0.4, 0.5) is 0 Å². The van der Waals surface area contributed by atoms with Gasteiger partial charge in [-0.05, 0) is 46.3 Å². The number of hydrogen-bond donors (Lipinski definition) is 2. The molecule has 1 unspecified atom stereocenters. The van der Waals surface area contributed by atoms with Gasteiger partial charge in [0.25, 0.3) is 5.91 Å². The summed E-state index contributed by atoms with van der Waals surface area (Å²) in [4.78, 5) is 26.8. The van der Waals surface area contributed by atoms with Crippen molar-refractivity contribution in [2.45, 2.75) is 26.7 Å². The first-order chi connectivity index (χ1) is 9.38. The number of nitrogens with one attached hydrogen (secondary N) is 1. The SMILES string of the molecule is CC(C)CC(CNC(=O)c1cccc(Br)n1)CC(=O)O. The zero-order valence-corrected chi connectivity index (χ0v) is 13.2. The molecule has 1 aromatic heterocycles. The van der Waals surface area contributed by atoms with E-state index in [0.717, 1.165) is 6.42 Å². The second kappa shape index (κ2) is 7.99. The van der Waals surface area contributed by atoms with E-state index in [1.807, 2.05) is 13.8 Å². The summed E-state index contributed by atoms with van der Waals surface area (Å²) in [7, 11) is 0. The number of pyridine rings is 1. The number of carboxylic acids is 1. The highest BCUT2D eigenvalue weighted by atomic mass is 79.9. The summed E-state index contributed by atoms with van der Waals surface area (Å²) in [6, 6.07) is 5.09. The third-order valence-electron chi connectivity index (χ3n) is 2.77. The second-order valence-corrected chi connectivity index (χ2v) is 5.96. The minimum Gasteiger partial charge on any atom is -0.481 e. The maximum Gasteiger partial charge on any atom is 0.303 e. The summed E-state index contributed by atoms with van der Waals surface area (Å²) in [6.45, 7) is 4.41. The van der Waals surface area contributed by atoms with Gasteiger partial charge in [-0.2, -0.15) is 0 Å². The van der Waals surface area contributed by atoms with E-state index in [2.05, 4.69) is 26.2 Å². The lowest BCUT2D eigenvalue weighted by molar-refractivity contribution is -0.138. The van der Waals surface area contributed by atoms with Crippen molar-refractivity contribution in [1.82, 2.24) is 10.3 Å². The number of rotatable bonds is 7. The first-order valence-corrected chi connectivity index (χ1v) is 7.30. The quantitative estimate of drug-likeness (QED) is 0.746. The third kappa shape index (κ3) is 6.14. The van der Waals surface area contributed by atoms with Crippen molar-refractivity contribution in [2.24, 2.45) is 11.8 Å². The van der Waals surface area contributed by atoms with Gasteiger partial charge in [-0.3, -0.25) is 9.59 Å². The van der Waals surface area contributed by atoms with Crippen LogP contribution >= 0.6 is 15.9 Å². The van der Waals surface area contributed by atoms with Crippen molar-refractivity contribution in [2.75, 3.05) is 6.54 Å². The lowest BCUT2D eigenvalue weighted by Gasteiger charge is -2.17. The predicted octanol–water partition coefficient (Wildman–Crippen LogP) is 2.71. The van der Waals surface area contributed by atoms with E-state index in [-0.39, 0.29) is 18.2 Å². The van der Waals surface area contributed by atoms with E-state index < -0.39 is 5.97 Å². The molecule has 1 heterocycles. The molecule has 0 saturated heterocycles. The third-order valence-corrected chi connectivity index (χ3v) is 3.21. The molecule has 110 valence electrons. The summed E-state index contributed by atoms with van der Waals surface area (Å²) in [5.41, 5.74) is 0.318. The Morgan fingerprint density at radius 3 is 2.65 bits per heavy atom. The van der Waals surface area contributed by atoms with Gasteiger partial charge >= 0.3 is 5.97 Å². The first kappa shape index (κ1) is 16.6. The average molecular weight is 343 g/mol. The Labute approximate surface area is 126 Å². The average Bonchev–Trinajstić information content (AvgIpc) is 2.34.